The van der Waals surface area contributed by atoms with Gasteiger partial charge in [0.05, 0.1) is 5.54 Å². The third-order valence-electron chi connectivity index (χ3n) is 2.72. The van der Waals surface area contributed by atoms with E-state index in [1.807, 2.05) is 12.1 Å². The monoisotopic (exact) mass is 221 g/mol. The van der Waals surface area contributed by atoms with Crippen LogP contribution in [0.4, 0.5) is 4.39 Å². The molecule has 0 saturated heterocycles. The highest BCUT2D eigenvalue weighted by molar-refractivity contribution is 5.42. The zero-order valence-electron chi connectivity index (χ0n) is 8.78. The lowest BCUT2D eigenvalue weighted by atomic mass is 10.1. The molecule has 0 bridgehead atoms. The van der Waals surface area contributed by atoms with Crippen molar-refractivity contribution in [3.05, 3.63) is 29.8 Å². The van der Waals surface area contributed by atoms with Crippen molar-refractivity contribution in [2.45, 2.75) is 18.4 Å². The Kier molecular flexibility index (Phi) is 3.02. The second-order valence-corrected chi connectivity index (χ2v) is 3.80. The maximum Gasteiger partial charge on any atom is 0.235 e. The fraction of sp³-hybridized carbons (Fsp3) is 0.417. The molecule has 0 atom stereocenters. The first-order valence-electron chi connectivity index (χ1n) is 5.19. The van der Waals surface area contributed by atoms with E-state index in [1.54, 1.807) is 18.2 Å². The van der Waals surface area contributed by atoms with E-state index >= 15 is 0 Å². The van der Waals surface area contributed by atoms with Crippen LogP contribution in [0.25, 0.3) is 0 Å². The number of alkyl halides is 1. The van der Waals surface area contributed by atoms with Crippen LogP contribution in [0.15, 0.2) is 29.3 Å². The molecule has 3 nitrogen and oxygen atoms in total. The highest BCUT2D eigenvalue weighted by Crippen LogP contribution is 2.49. The van der Waals surface area contributed by atoms with Gasteiger partial charge in [0.15, 0.2) is 0 Å². The summed E-state index contributed by atoms with van der Waals surface area (Å²) in [5.74, 6) is 0.632. The Morgan fingerprint density at radius 1 is 1.38 bits per heavy atom. The lowest BCUT2D eigenvalue weighted by molar-refractivity contribution is 0.273. The molecule has 1 aliphatic carbocycles. The van der Waals surface area contributed by atoms with E-state index in [4.69, 9.17) is 4.74 Å². The summed E-state index contributed by atoms with van der Waals surface area (Å²) < 4.78 is 17.0. The van der Waals surface area contributed by atoms with Crippen LogP contribution in [-0.4, -0.2) is 19.4 Å². The van der Waals surface area contributed by atoms with Crippen LogP contribution < -0.4 is 4.74 Å². The molecule has 0 spiro atoms. The Balaban J connectivity index is 2.10. The Bertz CT molecular complexity index is 406. The molecule has 4 heteroatoms. The van der Waals surface area contributed by atoms with E-state index in [2.05, 4.69) is 4.99 Å². The van der Waals surface area contributed by atoms with Crippen molar-refractivity contribution in [3.8, 4) is 5.75 Å². The number of ether oxygens (including phenoxy) is 1. The minimum atomic E-state index is -0.499. The standard InChI is InChI=1S/C12H12FNO2/c13-7-8-16-11-3-1-10(2-4-11)12(5-6-12)14-9-15/h1-4H,5-8H2. The van der Waals surface area contributed by atoms with Gasteiger partial charge in [-0.05, 0) is 30.5 Å². The second kappa shape index (κ2) is 4.45. The van der Waals surface area contributed by atoms with Gasteiger partial charge in [-0.25, -0.2) is 9.18 Å². The molecule has 1 saturated carbocycles. The minimum Gasteiger partial charge on any atom is -0.491 e. The maximum absolute atomic E-state index is 11.9. The van der Waals surface area contributed by atoms with Gasteiger partial charge in [-0.1, -0.05) is 12.1 Å². The number of isocyanates is 1. The molecule has 1 fully saturated rings. The van der Waals surface area contributed by atoms with Gasteiger partial charge < -0.3 is 4.74 Å². The number of carbonyl (C=O) groups excluding carboxylic acids is 1. The summed E-state index contributed by atoms with van der Waals surface area (Å²) in [6, 6.07) is 7.26. The fourth-order valence-corrected chi connectivity index (χ4v) is 1.69. The lowest BCUT2D eigenvalue weighted by Gasteiger charge is -2.09. The number of nitrogens with zero attached hydrogens (tertiary/aromatic N) is 1. The smallest absolute Gasteiger partial charge is 0.235 e. The van der Waals surface area contributed by atoms with E-state index < -0.39 is 6.67 Å². The van der Waals surface area contributed by atoms with E-state index in [1.165, 1.54) is 0 Å². The quantitative estimate of drug-likeness (QED) is 0.565. The molecule has 0 aromatic heterocycles. The largest absolute Gasteiger partial charge is 0.491 e. The predicted octanol–water partition coefficient (Wildman–Crippen LogP) is 2.36. The summed E-state index contributed by atoms with van der Waals surface area (Å²) in [5.41, 5.74) is 0.642. The first kappa shape index (κ1) is 10.8. The van der Waals surface area contributed by atoms with Crippen molar-refractivity contribution in [2.75, 3.05) is 13.3 Å². The molecule has 2 rings (SSSR count). The zero-order valence-corrected chi connectivity index (χ0v) is 8.78. The van der Waals surface area contributed by atoms with Gasteiger partial charge in [0.2, 0.25) is 6.08 Å². The Hall–Kier alpha value is -1.67. The van der Waals surface area contributed by atoms with E-state index in [0.717, 1.165) is 18.4 Å². The molecule has 0 aliphatic heterocycles. The summed E-state index contributed by atoms with van der Waals surface area (Å²) in [6.07, 6.45) is 3.38. The second-order valence-electron chi connectivity index (χ2n) is 3.80. The highest BCUT2D eigenvalue weighted by atomic mass is 19.1. The highest BCUT2D eigenvalue weighted by Gasteiger charge is 2.44. The summed E-state index contributed by atoms with van der Waals surface area (Å²) in [4.78, 5) is 14.1. The molecule has 0 amide bonds. The van der Waals surface area contributed by atoms with E-state index in [-0.39, 0.29) is 12.1 Å². The first-order chi connectivity index (χ1) is 7.80. The average molecular weight is 221 g/mol. The number of aliphatic imine (C=N–C) groups is 1. The fourth-order valence-electron chi connectivity index (χ4n) is 1.69. The molecule has 1 aromatic rings. The van der Waals surface area contributed by atoms with Gasteiger partial charge in [-0.3, -0.25) is 0 Å². The molecule has 0 unspecified atom stereocenters. The van der Waals surface area contributed by atoms with Gasteiger partial charge in [0.25, 0.3) is 0 Å². The summed E-state index contributed by atoms with van der Waals surface area (Å²) >= 11 is 0. The number of hydrogen-bond donors (Lipinski definition) is 0. The molecule has 0 radical (unpaired) electrons. The van der Waals surface area contributed by atoms with Crippen molar-refractivity contribution in [1.29, 1.82) is 0 Å². The minimum absolute atomic E-state index is 0.0664. The van der Waals surface area contributed by atoms with Crippen LogP contribution in [0.5, 0.6) is 5.75 Å². The summed E-state index contributed by atoms with van der Waals surface area (Å²) in [7, 11) is 0. The van der Waals surface area contributed by atoms with Gasteiger partial charge in [-0.2, -0.15) is 4.99 Å². The predicted molar refractivity (Wildman–Crippen MR) is 56.9 cm³/mol. The van der Waals surface area contributed by atoms with E-state index in [0.29, 0.717) is 5.75 Å². The number of benzene rings is 1. The van der Waals surface area contributed by atoms with Crippen LogP contribution in [-0.2, 0) is 10.3 Å². The van der Waals surface area contributed by atoms with Crippen molar-refractivity contribution in [3.63, 3.8) is 0 Å². The van der Waals surface area contributed by atoms with Gasteiger partial charge >= 0.3 is 0 Å². The lowest BCUT2D eigenvalue weighted by Crippen LogP contribution is -2.03. The topological polar surface area (TPSA) is 38.7 Å². The van der Waals surface area contributed by atoms with Crippen LogP contribution >= 0.6 is 0 Å². The van der Waals surface area contributed by atoms with Crippen molar-refractivity contribution in [1.82, 2.24) is 0 Å². The SMILES string of the molecule is O=C=NC1(c2ccc(OCCF)cc2)CC1. The van der Waals surface area contributed by atoms with Crippen molar-refractivity contribution >= 4 is 6.08 Å². The molecule has 84 valence electrons. The van der Waals surface area contributed by atoms with Gasteiger partial charge in [0.1, 0.15) is 19.0 Å². The van der Waals surface area contributed by atoms with Crippen molar-refractivity contribution < 1.29 is 13.9 Å². The van der Waals surface area contributed by atoms with Crippen LogP contribution in [0.2, 0.25) is 0 Å². The van der Waals surface area contributed by atoms with Crippen LogP contribution in [0, 0.1) is 0 Å². The Morgan fingerprint density at radius 3 is 2.56 bits per heavy atom. The van der Waals surface area contributed by atoms with Crippen LogP contribution in [0.1, 0.15) is 18.4 Å². The third-order valence-corrected chi connectivity index (χ3v) is 2.72. The third kappa shape index (κ3) is 2.12. The molecular formula is C12H12FNO2. The van der Waals surface area contributed by atoms with E-state index in [9.17, 15) is 9.18 Å². The Labute approximate surface area is 93.0 Å². The molecular weight excluding hydrogens is 209 g/mol. The normalized spacial score (nSPS) is 16.3. The zero-order chi connectivity index (χ0) is 11.4. The summed E-state index contributed by atoms with van der Waals surface area (Å²) in [6.45, 7) is -0.432. The average Bonchev–Trinajstić information content (AvgIpc) is 3.09. The van der Waals surface area contributed by atoms with Crippen molar-refractivity contribution in [2.24, 2.45) is 4.99 Å². The number of hydrogen-bond acceptors (Lipinski definition) is 3. The van der Waals surface area contributed by atoms with Gasteiger partial charge in [0, 0.05) is 0 Å². The Morgan fingerprint density at radius 2 is 2.06 bits per heavy atom. The molecule has 1 aliphatic rings. The number of rotatable bonds is 5. The number of halogens is 1. The summed E-state index contributed by atoms with van der Waals surface area (Å²) in [5, 5.41) is 0. The van der Waals surface area contributed by atoms with Crippen LogP contribution in [0.3, 0.4) is 0 Å². The first-order valence-corrected chi connectivity index (χ1v) is 5.19. The molecule has 16 heavy (non-hydrogen) atoms. The van der Waals surface area contributed by atoms with Gasteiger partial charge in [-0.15, -0.1) is 0 Å². The molecule has 0 heterocycles. The maximum atomic E-state index is 11.9. The molecule has 1 aromatic carbocycles. The molecule has 0 N–H and O–H groups in total.